The molecule has 0 amide bonds. The minimum Gasteiger partial charge on any atom is -0.456 e. The van der Waals surface area contributed by atoms with Gasteiger partial charge < -0.3 is 19.3 Å². The van der Waals surface area contributed by atoms with E-state index in [2.05, 4.69) is 206 Å². The summed E-state index contributed by atoms with van der Waals surface area (Å²) in [4.78, 5) is 4.55. The van der Waals surface area contributed by atoms with Gasteiger partial charge in [-0.1, -0.05) is 111 Å². The van der Waals surface area contributed by atoms with Crippen LogP contribution in [-0.4, -0.2) is 0 Å². The lowest BCUT2D eigenvalue weighted by molar-refractivity contribution is 0.480. The van der Waals surface area contributed by atoms with Crippen LogP contribution in [0.2, 0.25) is 0 Å². The minimum atomic E-state index is -0.188. The normalized spacial score (nSPS) is 13.0. The van der Waals surface area contributed by atoms with Crippen LogP contribution in [0.3, 0.4) is 0 Å². The van der Waals surface area contributed by atoms with Crippen LogP contribution in [0.4, 0.5) is 34.1 Å². The van der Waals surface area contributed by atoms with Crippen LogP contribution < -0.4 is 19.3 Å². The van der Waals surface area contributed by atoms with Crippen molar-refractivity contribution in [1.29, 1.82) is 5.26 Å². The molecule has 0 saturated carbocycles. The second-order valence-corrected chi connectivity index (χ2v) is 18.0. The van der Waals surface area contributed by atoms with Crippen molar-refractivity contribution in [2.75, 3.05) is 9.80 Å². The van der Waals surface area contributed by atoms with Crippen molar-refractivity contribution in [3.8, 4) is 73.6 Å². The number of para-hydroxylation sites is 2. The Bertz CT molecular complexity index is 3650. The summed E-state index contributed by atoms with van der Waals surface area (Å²) < 4.78 is 13.8. The van der Waals surface area contributed by atoms with E-state index in [1.165, 1.54) is 22.3 Å². The summed E-state index contributed by atoms with van der Waals surface area (Å²) in [7, 11) is 0. The lowest BCUT2D eigenvalue weighted by Gasteiger charge is -2.31. The van der Waals surface area contributed by atoms with Crippen LogP contribution in [0, 0.1) is 11.3 Å². The highest BCUT2D eigenvalue weighted by Crippen LogP contribution is 2.57. The Kier molecular flexibility index (Phi) is 8.55. The molecule has 10 aromatic carbocycles. The Hall–Kier alpha value is -8.85. The summed E-state index contributed by atoms with van der Waals surface area (Å²) in [6.07, 6.45) is 0. The fourth-order valence-corrected chi connectivity index (χ4v) is 10.7. The third-order valence-corrected chi connectivity index (χ3v) is 13.9. The lowest BCUT2D eigenvalue weighted by Crippen LogP contribution is -2.16. The number of ether oxygens (including phenoxy) is 2. The molecule has 0 bridgehead atoms. The molecule has 10 aromatic rings. The Morgan fingerprint density at radius 3 is 1.39 bits per heavy atom. The third-order valence-electron chi connectivity index (χ3n) is 13.9. The second kappa shape index (κ2) is 14.9. The Morgan fingerprint density at radius 1 is 0.358 bits per heavy atom. The van der Waals surface area contributed by atoms with E-state index in [0.29, 0.717) is 5.56 Å². The van der Waals surface area contributed by atoms with E-state index < -0.39 is 0 Å². The molecular weight excluding hydrogens is 819 g/mol. The van der Waals surface area contributed by atoms with E-state index in [1.807, 2.05) is 36.4 Å². The van der Waals surface area contributed by atoms with Gasteiger partial charge in [-0.3, -0.25) is 0 Å². The highest BCUT2D eigenvalue weighted by molar-refractivity contribution is 6.14. The number of fused-ring (bicyclic) bond motifs is 7. The van der Waals surface area contributed by atoms with Crippen LogP contribution in [0.25, 0.3) is 55.3 Å². The summed E-state index contributed by atoms with van der Waals surface area (Å²) in [5, 5.41) is 12.4. The van der Waals surface area contributed by atoms with Gasteiger partial charge in [0.2, 0.25) is 0 Å². The average molecular weight is 860 g/mol. The molecule has 5 nitrogen and oxygen atoms in total. The summed E-state index contributed by atoms with van der Waals surface area (Å²) in [6.45, 7) is 4.63. The SMILES string of the molecule is CC1(C)c2ccccc2-c2ccc(N(c3ccc4c(c3)Oc3ccc5c6c(ccc-4c36)Oc3cc(N(c4ccccc4)c4ccccc4)ccc3-5)c3ccc(C#N)c(-c4ccccc4)c3)cc21. The first-order valence-corrected chi connectivity index (χ1v) is 22.7. The van der Waals surface area contributed by atoms with Gasteiger partial charge in [0, 0.05) is 79.1 Å². The van der Waals surface area contributed by atoms with Crippen LogP contribution in [0.15, 0.2) is 212 Å². The largest absolute Gasteiger partial charge is 0.456 e. The van der Waals surface area contributed by atoms with Crippen LogP contribution >= 0.6 is 0 Å². The predicted octanol–water partition coefficient (Wildman–Crippen LogP) is 17.2. The number of anilines is 6. The molecule has 316 valence electrons. The standard InChI is InChI=1S/C62H41N3O2/c1-62(2)54-21-13-12-20-47(54)48-27-24-44(35-55(48)62)65(43-23-22-40(38-63)53(34-43)39-14-6-3-7-15-39)46-26-29-50-52-31-32-56-60-51(30-33-57(61(52)60)67-59(50)37-46)49-28-25-45(36-58(49)66-56)64(41-16-8-4-9-17-41)42-18-10-5-11-19-42/h3-37H,1-2H3. The molecule has 0 fully saturated rings. The lowest BCUT2D eigenvalue weighted by atomic mass is 9.82. The van der Waals surface area contributed by atoms with Crippen molar-refractivity contribution in [2.24, 2.45) is 0 Å². The van der Waals surface area contributed by atoms with E-state index >= 15 is 0 Å². The van der Waals surface area contributed by atoms with E-state index in [4.69, 9.17) is 9.47 Å². The van der Waals surface area contributed by atoms with Crippen molar-refractivity contribution in [1.82, 2.24) is 0 Å². The molecule has 13 rings (SSSR count). The first-order chi connectivity index (χ1) is 32.9. The topological polar surface area (TPSA) is 48.7 Å². The number of hydrogen-bond acceptors (Lipinski definition) is 5. The number of rotatable bonds is 7. The molecule has 0 N–H and O–H groups in total. The van der Waals surface area contributed by atoms with Gasteiger partial charge in [-0.25, -0.2) is 0 Å². The third kappa shape index (κ3) is 6.00. The fourth-order valence-electron chi connectivity index (χ4n) is 10.7. The first kappa shape index (κ1) is 38.6. The fraction of sp³-hybridized carbons (Fsp3) is 0.0484. The van der Waals surface area contributed by atoms with Crippen LogP contribution in [-0.2, 0) is 5.41 Å². The zero-order chi connectivity index (χ0) is 44.8. The summed E-state index contributed by atoms with van der Waals surface area (Å²) in [5.41, 5.74) is 17.8. The predicted molar refractivity (Wildman–Crippen MR) is 272 cm³/mol. The number of hydrogen-bond donors (Lipinski definition) is 0. The molecule has 0 spiro atoms. The van der Waals surface area contributed by atoms with Crippen molar-refractivity contribution < 1.29 is 9.47 Å². The quantitative estimate of drug-likeness (QED) is 0.160. The van der Waals surface area contributed by atoms with Gasteiger partial charge in [-0.2, -0.15) is 5.26 Å². The Balaban J connectivity index is 0.926. The van der Waals surface area contributed by atoms with E-state index in [0.717, 1.165) is 101 Å². The highest BCUT2D eigenvalue weighted by Gasteiger charge is 2.36. The zero-order valence-electron chi connectivity index (χ0n) is 36.9. The summed E-state index contributed by atoms with van der Waals surface area (Å²) >= 11 is 0. The van der Waals surface area contributed by atoms with Gasteiger partial charge in [0.15, 0.2) is 0 Å². The van der Waals surface area contributed by atoms with E-state index in [9.17, 15) is 5.26 Å². The first-order valence-electron chi connectivity index (χ1n) is 22.7. The molecule has 0 saturated heterocycles. The molecule has 0 atom stereocenters. The highest BCUT2D eigenvalue weighted by atomic mass is 16.5. The maximum Gasteiger partial charge on any atom is 0.137 e. The molecule has 1 aliphatic carbocycles. The second-order valence-electron chi connectivity index (χ2n) is 18.0. The molecule has 5 heteroatoms. The maximum absolute atomic E-state index is 10.3. The van der Waals surface area contributed by atoms with Crippen LogP contribution in [0.5, 0.6) is 23.0 Å². The average Bonchev–Trinajstić information content (AvgIpc) is 3.61. The summed E-state index contributed by atoms with van der Waals surface area (Å²) in [6, 6.07) is 76.8. The van der Waals surface area contributed by atoms with Crippen molar-refractivity contribution in [3.05, 3.63) is 229 Å². The Morgan fingerprint density at radius 2 is 0.806 bits per heavy atom. The summed E-state index contributed by atoms with van der Waals surface area (Å²) in [5.74, 6) is 3.17. The molecule has 0 aromatic heterocycles. The molecule has 2 aliphatic heterocycles. The molecule has 67 heavy (non-hydrogen) atoms. The van der Waals surface area contributed by atoms with Crippen LogP contribution in [0.1, 0.15) is 30.5 Å². The van der Waals surface area contributed by atoms with Crippen molar-refractivity contribution in [2.45, 2.75) is 19.3 Å². The van der Waals surface area contributed by atoms with E-state index in [1.54, 1.807) is 0 Å². The number of nitrogens with zero attached hydrogens (tertiary/aromatic N) is 3. The van der Waals surface area contributed by atoms with Gasteiger partial charge >= 0.3 is 0 Å². The maximum atomic E-state index is 10.3. The molecule has 0 radical (unpaired) electrons. The minimum absolute atomic E-state index is 0.188. The van der Waals surface area contributed by atoms with E-state index in [-0.39, 0.29) is 5.41 Å². The molecule has 3 aliphatic rings. The number of benzene rings is 10. The number of nitriles is 1. The van der Waals surface area contributed by atoms with Gasteiger partial charge in [0.1, 0.15) is 23.0 Å². The molecule has 0 unspecified atom stereocenters. The van der Waals surface area contributed by atoms with Gasteiger partial charge in [-0.05, 0) is 142 Å². The zero-order valence-corrected chi connectivity index (χ0v) is 36.9. The van der Waals surface area contributed by atoms with Gasteiger partial charge in [-0.15, -0.1) is 0 Å². The molecule has 2 heterocycles. The molecular formula is C62H41N3O2. The van der Waals surface area contributed by atoms with Gasteiger partial charge in [0.05, 0.1) is 11.6 Å². The monoisotopic (exact) mass is 859 g/mol. The smallest absolute Gasteiger partial charge is 0.137 e. The van der Waals surface area contributed by atoms with Gasteiger partial charge in [0.25, 0.3) is 0 Å². The van der Waals surface area contributed by atoms with Crippen molar-refractivity contribution >= 4 is 44.9 Å². The van der Waals surface area contributed by atoms with Crippen molar-refractivity contribution in [3.63, 3.8) is 0 Å². The Labute approximate surface area is 389 Å².